The first-order valence-electron chi connectivity index (χ1n) is 7.17. The van der Waals surface area contributed by atoms with Crippen LogP contribution < -0.4 is 5.73 Å². The summed E-state index contributed by atoms with van der Waals surface area (Å²) in [5.41, 5.74) is 5.71. The standard InChI is InChI=1S/C16H12F3N3OS2/c17-16(18,19)15-21-11-4-2-1-3-10(11)14(22-15)24-8-12(23)13-6-5-9(7-20)25-13/h1-6H,7-8,20H2. The number of Topliss-reactive ketones (excluding diaryl/α,β-unsaturated/α-hetero) is 1. The highest BCUT2D eigenvalue weighted by Crippen LogP contribution is 2.32. The molecule has 0 atom stereocenters. The number of benzene rings is 1. The first-order valence-corrected chi connectivity index (χ1v) is 8.97. The molecule has 1 aromatic carbocycles. The predicted octanol–water partition coefficient (Wildman–Crippen LogP) is 4.14. The fourth-order valence-corrected chi connectivity index (χ4v) is 3.94. The SMILES string of the molecule is NCc1ccc(C(=O)CSc2nc(C(F)(F)F)nc3ccccc23)s1. The lowest BCUT2D eigenvalue weighted by molar-refractivity contribution is -0.145. The van der Waals surface area contributed by atoms with Gasteiger partial charge in [-0.1, -0.05) is 30.0 Å². The molecular formula is C16H12F3N3OS2. The van der Waals surface area contributed by atoms with Gasteiger partial charge in [-0.3, -0.25) is 4.79 Å². The molecule has 0 aliphatic rings. The number of hydrogen-bond donors (Lipinski definition) is 1. The zero-order valence-corrected chi connectivity index (χ0v) is 14.3. The molecule has 3 aromatic rings. The van der Waals surface area contributed by atoms with E-state index in [1.807, 2.05) is 0 Å². The summed E-state index contributed by atoms with van der Waals surface area (Å²) in [6, 6.07) is 9.87. The Labute approximate surface area is 149 Å². The molecule has 0 aliphatic carbocycles. The Kier molecular flexibility index (Phi) is 5.07. The number of para-hydroxylation sites is 1. The molecule has 0 fully saturated rings. The number of carbonyl (C=O) groups excluding carboxylic acids is 1. The number of thiophene rings is 1. The predicted molar refractivity (Wildman–Crippen MR) is 91.8 cm³/mol. The third-order valence-corrected chi connectivity index (χ3v) is 5.44. The van der Waals surface area contributed by atoms with Gasteiger partial charge >= 0.3 is 6.18 Å². The molecule has 0 bridgehead atoms. The fourth-order valence-electron chi connectivity index (χ4n) is 2.13. The highest BCUT2D eigenvalue weighted by molar-refractivity contribution is 8.00. The summed E-state index contributed by atoms with van der Waals surface area (Å²) in [4.78, 5) is 20.8. The summed E-state index contributed by atoms with van der Waals surface area (Å²) in [5, 5.41) is 0.629. The Balaban J connectivity index is 1.88. The summed E-state index contributed by atoms with van der Waals surface area (Å²) in [7, 11) is 0. The zero-order valence-electron chi connectivity index (χ0n) is 12.7. The number of alkyl halides is 3. The van der Waals surface area contributed by atoms with Crippen molar-refractivity contribution in [1.29, 1.82) is 0 Å². The number of aromatic nitrogens is 2. The van der Waals surface area contributed by atoms with E-state index in [-0.39, 0.29) is 22.1 Å². The Morgan fingerprint density at radius 1 is 1.16 bits per heavy atom. The monoisotopic (exact) mass is 383 g/mol. The van der Waals surface area contributed by atoms with Gasteiger partial charge in [0.1, 0.15) is 5.03 Å². The number of thioether (sulfide) groups is 1. The van der Waals surface area contributed by atoms with E-state index < -0.39 is 12.0 Å². The van der Waals surface area contributed by atoms with Crippen LogP contribution in [0.2, 0.25) is 0 Å². The van der Waals surface area contributed by atoms with Gasteiger partial charge in [0, 0.05) is 16.8 Å². The number of ketones is 1. The normalized spacial score (nSPS) is 11.8. The third-order valence-electron chi connectivity index (χ3n) is 3.30. The van der Waals surface area contributed by atoms with Gasteiger partial charge in [-0.2, -0.15) is 13.2 Å². The minimum absolute atomic E-state index is 0.0111. The van der Waals surface area contributed by atoms with Crippen molar-refractivity contribution in [1.82, 2.24) is 9.97 Å². The van der Waals surface area contributed by atoms with E-state index in [4.69, 9.17) is 5.73 Å². The number of rotatable bonds is 5. The number of fused-ring (bicyclic) bond motifs is 1. The molecule has 25 heavy (non-hydrogen) atoms. The molecule has 130 valence electrons. The summed E-state index contributed by atoms with van der Waals surface area (Å²) in [6.45, 7) is 0.344. The maximum Gasteiger partial charge on any atom is 0.451 e. The lowest BCUT2D eigenvalue weighted by Crippen LogP contribution is -2.12. The molecule has 0 saturated carbocycles. The van der Waals surface area contributed by atoms with Gasteiger partial charge in [0.15, 0.2) is 5.78 Å². The zero-order chi connectivity index (χ0) is 18.0. The first-order chi connectivity index (χ1) is 11.9. The van der Waals surface area contributed by atoms with E-state index in [9.17, 15) is 18.0 Å². The number of nitrogens with two attached hydrogens (primary N) is 1. The third kappa shape index (κ3) is 4.00. The van der Waals surface area contributed by atoms with Crippen LogP contribution in [0.15, 0.2) is 41.4 Å². The molecule has 0 aliphatic heterocycles. The largest absolute Gasteiger partial charge is 0.451 e. The average molecular weight is 383 g/mol. The van der Waals surface area contributed by atoms with Crippen LogP contribution in [0, 0.1) is 0 Å². The Morgan fingerprint density at radius 3 is 2.60 bits per heavy atom. The molecule has 2 aromatic heterocycles. The molecule has 0 spiro atoms. The fraction of sp³-hybridized carbons (Fsp3) is 0.188. The van der Waals surface area contributed by atoms with E-state index in [0.717, 1.165) is 16.6 Å². The van der Waals surface area contributed by atoms with E-state index in [1.54, 1.807) is 30.3 Å². The molecule has 3 rings (SSSR count). The molecule has 0 amide bonds. The maximum absolute atomic E-state index is 13.0. The van der Waals surface area contributed by atoms with E-state index in [1.165, 1.54) is 17.4 Å². The van der Waals surface area contributed by atoms with Crippen LogP contribution in [-0.4, -0.2) is 21.5 Å². The molecule has 9 heteroatoms. The van der Waals surface area contributed by atoms with Gasteiger partial charge in [-0.15, -0.1) is 11.3 Å². The Morgan fingerprint density at radius 2 is 1.92 bits per heavy atom. The Bertz CT molecular complexity index is 924. The van der Waals surface area contributed by atoms with E-state index in [2.05, 4.69) is 9.97 Å². The van der Waals surface area contributed by atoms with Crippen LogP contribution in [0.5, 0.6) is 0 Å². The molecule has 0 radical (unpaired) electrons. The molecule has 0 saturated heterocycles. The van der Waals surface area contributed by atoms with Crippen molar-refractivity contribution in [3.63, 3.8) is 0 Å². The summed E-state index contributed by atoms with van der Waals surface area (Å²) in [6.07, 6.45) is -4.65. The summed E-state index contributed by atoms with van der Waals surface area (Å²) >= 11 is 2.26. The minimum Gasteiger partial charge on any atom is -0.326 e. The molecule has 2 heterocycles. The van der Waals surface area contributed by atoms with Crippen LogP contribution in [0.3, 0.4) is 0 Å². The molecule has 4 nitrogen and oxygen atoms in total. The van der Waals surface area contributed by atoms with Crippen molar-refractivity contribution < 1.29 is 18.0 Å². The molecule has 2 N–H and O–H groups in total. The molecular weight excluding hydrogens is 371 g/mol. The topological polar surface area (TPSA) is 68.9 Å². The molecule has 0 unspecified atom stereocenters. The average Bonchev–Trinajstić information content (AvgIpc) is 3.07. The van der Waals surface area contributed by atoms with Gasteiger partial charge in [0.05, 0.1) is 16.1 Å². The highest BCUT2D eigenvalue weighted by atomic mass is 32.2. The lowest BCUT2D eigenvalue weighted by atomic mass is 10.2. The van der Waals surface area contributed by atoms with E-state index in [0.29, 0.717) is 16.8 Å². The van der Waals surface area contributed by atoms with Crippen molar-refractivity contribution in [3.8, 4) is 0 Å². The van der Waals surface area contributed by atoms with Crippen LogP contribution in [0.4, 0.5) is 13.2 Å². The highest BCUT2D eigenvalue weighted by Gasteiger charge is 2.35. The van der Waals surface area contributed by atoms with Gasteiger partial charge in [0.25, 0.3) is 0 Å². The van der Waals surface area contributed by atoms with Crippen LogP contribution in [-0.2, 0) is 12.7 Å². The quantitative estimate of drug-likeness (QED) is 0.407. The van der Waals surface area contributed by atoms with Gasteiger partial charge in [-0.05, 0) is 18.2 Å². The second kappa shape index (κ2) is 7.11. The van der Waals surface area contributed by atoms with Gasteiger partial charge in [-0.25, -0.2) is 9.97 Å². The van der Waals surface area contributed by atoms with Crippen molar-refractivity contribution in [2.45, 2.75) is 17.7 Å². The van der Waals surface area contributed by atoms with Crippen molar-refractivity contribution >= 4 is 39.8 Å². The number of hydrogen-bond acceptors (Lipinski definition) is 6. The number of carbonyl (C=O) groups is 1. The second-order valence-corrected chi connectivity index (χ2v) is 7.18. The summed E-state index contributed by atoms with van der Waals surface area (Å²) in [5.74, 6) is -1.39. The van der Waals surface area contributed by atoms with Crippen molar-refractivity contribution in [2.24, 2.45) is 5.73 Å². The van der Waals surface area contributed by atoms with E-state index >= 15 is 0 Å². The first kappa shape index (κ1) is 17.8. The smallest absolute Gasteiger partial charge is 0.326 e. The van der Waals surface area contributed by atoms with Gasteiger partial charge < -0.3 is 5.73 Å². The van der Waals surface area contributed by atoms with Crippen LogP contribution in [0.1, 0.15) is 20.4 Å². The van der Waals surface area contributed by atoms with Crippen molar-refractivity contribution in [2.75, 3.05) is 5.75 Å². The summed E-state index contributed by atoms with van der Waals surface area (Å²) < 4.78 is 39.0. The maximum atomic E-state index is 13.0. The van der Waals surface area contributed by atoms with Crippen LogP contribution >= 0.6 is 23.1 Å². The number of halogens is 3. The Hall–Kier alpha value is -1.97. The lowest BCUT2D eigenvalue weighted by Gasteiger charge is -2.09. The number of nitrogens with zero attached hydrogens (tertiary/aromatic N) is 2. The van der Waals surface area contributed by atoms with Crippen molar-refractivity contribution in [3.05, 3.63) is 52.0 Å². The second-order valence-electron chi connectivity index (χ2n) is 5.05. The van der Waals surface area contributed by atoms with Gasteiger partial charge in [0.2, 0.25) is 5.82 Å². The minimum atomic E-state index is -4.65. The van der Waals surface area contributed by atoms with Crippen LogP contribution in [0.25, 0.3) is 10.9 Å².